The van der Waals surface area contributed by atoms with E-state index in [1.165, 1.54) is 0 Å². The molecule has 0 radical (unpaired) electrons. The molecular formula is C14H16O3. The standard InChI is InChI=1S/C14H16O3/c1-10-14(2,17-10)13(15)9-6-11-4-7-12(16-3)8-5-11/h4-10H,1-3H3. The van der Waals surface area contributed by atoms with Gasteiger partial charge in [0.2, 0.25) is 0 Å². The lowest BCUT2D eigenvalue weighted by Gasteiger charge is -2.00. The first kappa shape index (κ1) is 11.9. The Bertz CT molecular complexity index is 447. The van der Waals surface area contributed by atoms with E-state index in [4.69, 9.17) is 9.47 Å². The van der Waals surface area contributed by atoms with Gasteiger partial charge in [-0.3, -0.25) is 4.79 Å². The second-order valence-corrected chi connectivity index (χ2v) is 4.34. The van der Waals surface area contributed by atoms with Crippen molar-refractivity contribution in [2.45, 2.75) is 25.6 Å². The van der Waals surface area contributed by atoms with Gasteiger partial charge in [-0.15, -0.1) is 0 Å². The van der Waals surface area contributed by atoms with Gasteiger partial charge in [0, 0.05) is 0 Å². The third-order valence-corrected chi connectivity index (χ3v) is 3.17. The Morgan fingerprint density at radius 3 is 2.47 bits per heavy atom. The fraction of sp³-hybridized carbons (Fsp3) is 0.357. The highest BCUT2D eigenvalue weighted by Gasteiger charge is 2.54. The normalized spacial score (nSPS) is 27.1. The maximum Gasteiger partial charge on any atom is 0.189 e. The van der Waals surface area contributed by atoms with Crippen LogP contribution in [0.25, 0.3) is 6.08 Å². The minimum absolute atomic E-state index is 0.0146. The molecule has 0 amide bonds. The van der Waals surface area contributed by atoms with E-state index in [2.05, 4.69) is 0 Å². The van der Waals surface area contributed by atoms with Crippen LogP contribution in [0, 0.1) is 0 Å². The van der Waals surface area contributed by atoms with Crippen LogP contribution in [0.5, 0.6) is 5.75 Å². The number of carbonyl (C=O) groups is 1. The number of ether oxygens (including phenoxy) is 2. The van der Waals surface area contributed by atoms with E-state index in [-0.39, 0.29) is 11.9 Å². The molecule has 2 rings (SSSR count). The molecule has 3 heteroatoms. The fourth-order valence-corrected chi connectivity index (χ4v) is 1.64. The maximum atomic E-state index is 11.8. The first-order valence-electron chi connectivity index (χ1n) is 5.60. The summed E-state index contributed by atoms with van der Waals surface area (Å²) >= 11 is 0. The molecule has 1 heterocycles. The highest BCUT2D eigenvalue weighted by molar-refractivity contribution is 6.01. The molecule has 1 saturated heterocycles. The van der Waals surface area contributed by atoms with Gasteiger partial charge in [-0.05, 0) is 37.6 Å². The Labute approximate surface area is 101 Å². The van der Waals surface area contributed by atoms with Crippen molar-refractivity contribution in [2.75, 3.05) is 7.11 Å². The molecule has 1 fully saturated rings. The van der Waals surface area contributed by atoms with E-state index < -0.39 is 5.60 Å². The number of methoxy groups -OCH3 is 1. The average molecular weight is 232 g/mol. The lowest BCUT2D eigenvalue weighted by Crippen LogP contribution is -2.20. The molecule has 90 valence electrons. The molecule has 0 saturated carbocycles. The minimum Gasteiger partial charge on any atom is -0.497 e. The summed E-state index contributed by atoms with van der Waals surface area (Å²) in [5, 5.41) is 0. The molecule has 0 aliphatic carbocycles. The second kappa shape index (κ2) is 4.34. The molecule has 3 nitrogen and oxygen atoms in total. The zero-order valence-corrected chi connectivity index (χ0v) is 10.3. The highest BCUT2D eigenvalue weighted by Crippen LogP contribution is 2.36. The summed E-state index contributed by atoms with van der Waals surface area (Å²) in [5.41, 5.74) is 0.360. The van der Waals surface area contributed by atoms with Crippen LogP contribution in [0.1, 0.15) is 19.4 Å². The molecule has 2 unspecified atom stereocenters. The van der Waals surface area contributed by atoms with Crippen LogP contribution in [0.15, 0.2) is 30.3 Å². The van der Waals surface area contributed by atoms with Crippen LogP contribution < -0.4 is 4.74 Å². The number of rotatable bonds is 4. The van der Waals surface area contributed by atoms with Gasteiger partial charge in [0.25, 0.3) is 0 Å². The van der Waals surface area contributed by atoms with Gasteiger partial charge in [0.1, 0.15) is 5.75 Å². The minimum atomic E-state index is -0.608. The number of epoxide rings is 1. The maximum absolute atomic E-state index is 11.8. The monoisotopic (exact) mass is 232 g/mol. The molecule has 0 aromatic heterocycles. The van der Waals surface area contributed by atoms with Crippen molar-refractivity contribution in [1.82, 2.24) is 0 Å². The summed E-state index contributed by atoms with van der Waals surface area (Å²) in [5.74, 6) is 0.820. The number of benzene rings is 1. The largest absolute Gasteiger partial charge is 0.497 e. The molecule has 17 heavy (non-hydrogen) atoms. The molecule has 0 spiro atoms. The molecular weight excluding hydrogens is 216 g/mol. The highest BCUT2D eigenvalue weighted by atomic mass is 16.6. The quantitative estimate of drug-likeness (QED) is 0.591. The van der Waals surface area contributed by atoms with Crippen LogP contribution in [-0.2, 0) is 9.53 Å². The third-order valence-electron chi connectivity index (χ3n) is 3.17. The molecule has 1 aliphatic rings. The van der Waals surface area contributed by atoms with Crippen molar-refractivity contribution < 1.29 is 14.3 Å². The third kappa shape index (κ3) is 2.39. The molecule has 1 aromatic carbocycles. The molecule has 1 aromatic rings. The van der Waals surface area contributed by atoms with E-state index in [1.807, 2.05) is 38.1 Å². The summed E-state index contributed by atoms with van der Waals surface area (Å²) in [6.07, 6.45) is 3.39. The number of carbonyl (C=O) groups excluding carboxylic acids is 1. The SMILES string of the molecule is COc1ccc(C=CC(=O)C2(C)OC2C)cc1. The first-order valence-corrected chi connectivity index (χ1v) is 5.60. The van der Waals surface area contributed by atoms with Gasteiger partial charge in [0.15, 0.2) is 11.4 Å². The molecule has 2 atom stereocenters. The fourth-order valence-electron chi connectivity index (χ4n) is 1.64. The zero-order valence-electron chi connectivity index (χ0n) is 10.3. The first-order chi connectivity index (χ1) is 8.06. The lowest BCUT2D eigenvalue weighted by atomic mass is 10.0. The van der Waals surface area contributed by atoms with Crippen LogP contribution in [0.4, 0.5) is 0 Å². The average Bonchev–Trinajstić information content (AvgIpc) is 2.96. The Morgan fingerprint density at radius 2 is 2.00 bits per heavy atom. The van der Waals surface area contributed by atoms with E-state index in [0.717, 1.165) is 11.3 Å². The van der Waals surface area contributed by atoms with Gasteiger partial charge in [-0.2, -0.15) is 0 Å². The number of hydrogen-bond donors (Lipinski definition) is 0. The van der Waals surface area contributed by atoms with Crippen molar-refractivity contribution in [3.8, 4) is 5.75 Å². The summed E-state index contributed by atoms with van der Waals surface area (Å²) in [4.78, 5) is 11.8. The van der Waals surface area contributed by atoms with Crippen molar-refractivity contribution >= 4 is 11.9 Å². The van der Waals surface area contributed by atoms with Crippen molar-refractivity contribution in [3.63, 3.8) is 0 Å². The second-order valence-electron chi connectivity index (χ2n) is 4.34. The topological polar surface area (TPSA) is 38.8 Å². The van der Waals surface area contributed by atoms with E-state index in [1.54, 1.807) is 19.3 Å². The van der Waals surface area contributed by atoms with E-state index in [0.29, 0.717) is 0 Å². The van der Waals surface area contributed by atoms with Gasteiger partial charge < -0.3 is 9.47 Å². The van der Waals surface area contributed by atoms with Gasteiger partial charge in [-0.25, -0.2) is 0 Å². The number of ketones is 1. The van der Waals surface area contributed by atoms with E-state index >= 15 is 0 Å². The molecule has 0 bridgehead atoms. The summed E-state index contributed by atoms with van der Waals surface area (Å²) in [6.45, 7) is 3.72. The van der Waals surface area contributed by atoms with Crippen molar-refractivity contribution in [3.05, 3.63) is 35.9 Å². The van der Waals surface area contributed by atoms with Gasteiger partial charge in [0.05, 0.1) is 13.2 Å². The lowest BCUT2D eigenvalue weighted by molar-refractivity contribution is -0.118. The van der Waals surface area contributed by atoms with Crippen LogP contribution >= 0.6 is 0 Å². The Kier molecular flexibility index (Phi) is 3.03. The Balaban J connectivity index is 2.02. The Morgan fingerprint density at radius 1 is 1.41 bits per heavy atom. The summed E-state index contributed by atoms with van der Waals surface area (Å²) in [6, 6.07) is 7.54. The molecule has 1 aliphatic heterocycles. The van der Waals surface area contributed by atoms with Crippen LogP contribution in [-0.4, -0.2) is 24.6 Å². The van der Waals surface area contributed by atoms with Gasteiger partial charge >= 0.3 is 0 Å². The smallest absolute Gasteiger partial charge is 0.189 e. The van der Waals surface area contributed by atoms with Crippen molar-refractivity contribution in [2.24, 2.45) is 0 Å². The van der Waals surface area contributed by atoms with Crippen molar-refractivity contribution in [1.29, 1.82) is 0 Å². The van der Waals surface area contributed by atoms with Crippen LogP contribution in [0.3, 0.4) is 0 Å². The summed E-state index contributed by atoms with van der Waals surface area (Å²) < 4.78 is 10.3. The van der Waals surface area contributed by atoms with Crippen LogP contribution in [0.2, 0.25) is 0 Å². The predicted octanol–water partition coefficient (Wildman–Crippen LogP) is 2.45. The Hall–Kier alpha value is -1.61. The molecule has 0 N–H and O–H groups in total. The number of hydrogen-bond acceptors (Lipinski definition) is 3. The predicted molar refractivity (Wildman–Crippen MR) is 66.0 cm³/mol. The zero-order chi connectivity index (χ0) is 12.5. The summed E-state index contributed by atoms with van der Waals surface area (Å²) in [7, 11) is 1.63. The van der Waals surface area contributed by atoms with Gasteiger partial charge in [-0.1, -0.05) is 18.2 Å². The van der Waals surface area contributed by atoms with E-state index in [9.17, 15) is 4.79 Å².